The number of hydrogen-bond acceptors (Lipinski definition) is 4. The molecule has 26 heavy (non-hydrogen) atoms. The molecule has 5 nitrogen and oxygen atoms in total. The molecule has 0 radical (unpaired) electrons. The number of aromatic nitrogens is 2. The third kappa shape index (κ3) is 4.85. The molecule has 3 rings (SSSR count). The van der Waals surface area contributed by atoms with Gasteiger partial charge in [-0.25, -0.2) is 0 Å². The van der Waals surface area contributed by atoms with Crippen molar-refractivity contribution in [2.75, 3.05) is 13.1 Å². The van der Waals surface area contributed by atoms with Crippen LogP contribution in [0.5, 0.6) is 0 Å². The highest BCUT2D eigenvalue weighted by atomic mass is 35.5. The zero-order valence-corrected chi connectivity index (χ0v) is 16.0. The lowest BCUT2D eigenvalue weighted by molar-refractivity contribution is -0.132. The molecular formula is C20H26ClN3O2. The first-order valence-electron chi connectivity index (χ1n) is 9.54. The summed E-state index contributed by atoms with van der Waals surface area (Å²) < 4.78 is 5.50. The monoisotopic (exact) mass is 375 g/mol. The van der Waals surface area contributed by atoms with Gasteiger partial charge in [-0.15, -0.1) is 0 Å². The van der Waals surface area contributed by atoms with Gasteiger partial charge in [0.05, 0.1) is 5.92 Å². The van der Waals surface area contributed by atoms with E-state index in [2.05, 4.69) is 17.1 Å². The van der Waals surface area contributed by atoms with Crippen LogP contribution in [-0.4, -0.2) is 34.0 Å². The number of likely N-dealkylation sites (tertiary alicyclic amines) is 1. The highest BCUT2D eigenvalue weighted by molar-refractivity contribution is 6.30. The van der Waals surface area contributed by atoms with Crippen molar-refractivity contribution in [3.8, 4) is 11.4 Å². The number of carbonyl (C=O) groups excluding carboxylic acids is 1. The maximum Gasteiger partial charge on any atom is 0.231 e. The number of carbonyl (C=O) groups is 1. The van der Waals surface area contributed by atoms with Gasteiger partial charge >= 0.3 is 0 Å². The topological polar surface area (TPSA) is 59.2 Å². The van der Waals surface area contributed by atoms with Crippen LogP contribution >= 0.6 is 11.6 Å². The van der Waals surface area contributed by atoms with Gasteiger partial charge in [-0.1, -0.05) is 42.9 Å². The van der Waals surface area contributed by atoms with Crippen molar-refractivity contribution in [2.24, 2.45) is 0 Å². The quantitative estimate of drug-likeness (QED) is 0.634. The SMILES string of the molecule is CCCCCCC(=O)N1CCC[C@H](c2nc(-c3ccc(Cl)cc3)no2)C1. The average Bonchev–Trinajstić information content (AvgIpc) is 3.16. The first-order chi connectivity index (χ1) is 12.7. The predicted molar refractivity (Wildman–Crippen MR) is 102 cm³/mol. The molecule has 0 N–H and O–H groups in total. The van der Waals surface area contributed by atoms with E-state index in [4.69, 9.17) is 16.1 Å². The summed E-state index contributed by atoms with van der Waals surface area (Å²) in [7, 11) is 0. The van der Waals surface area contributed by atoms with Crippen molar-refractivity contribution in [2.45, 2.75) is 57.8 Å². The molecule has 0 aliphatic carbocycles. The Morgan fingerprint density at radius 3 is 2.85 bits per heavy atom. The van der Waals surface area contributed by atoms with Crippen LogP contribution in [0.25, 0.3) is 11.4 Å². The van der Waals surface area contributed by atoms with E-state index in [1.54, 1.807) is 0 Å². The number of benzene rings is 1. The smallest absolute Gasteiger partial charge is 0.231 e. The van der Waals surface area contributed by atoms with Crippen molar-refractivity contribution < 1.29 is 9.32 Å². The maximum absolute atomic E-state index is 12.4. The number of piperidine rings is 1. The van der Waals surface area contributed by atoms with E-state index >= 15 is 0 Å². The molecule has 0 spiro atoms. The number of halogens is 1. The van der Waals surface area contributed by atoms with Gasteiger partial charge in [0.25, 0.3) is 0 Å². The standard InChI is InChI=1S/C20H26ClN3O2/c1-2-3-4-5-8-18(25)24-13-6-7-16(14-24)20-22-19(23-26-20)15-9-11-17(21)12-10-15/h9-12,16H,2-8,13-14H2,1H3/t16-/m0/s1. The van der Waals surface area contributed by atoms with Gasteiger partial charge in [0.15, 0.2) is 0 Å². The minimum atomic E-state index is 0.122. The average molecular weight is 376 g/mol. The Bertz CT molecular complexity index is 714. The summed E-state index contributed by atoms with van der Waals surface area (Å²) in [6.07, 6.45) is 7.10. The van der Waals surface area contributed by atoms with Gasteiger partial charge < -0.3 is 9.42 Å². The largest absolute Gasteiger partial charge is 0.342 e. The number of nitrogens with zero attached hydrogens (tertiary/aromatic N) is 3. The molecular weight excluding hydrogens is 350 g/mol. The van der Waals surface area contributed by atoms with Crippen LogP contribution < -0.4 is 0 Å². The Kier molecular flexibility index (Phi) is 6.67. The normalized spacial score (nSPS) is 17.5. The molecule has 140 valence electrons. The lowest BCUT2D eigenvalue weighted by Gasteiger charge is -2.31. The Morgan fingerprint density at radius 1 is 1.27 bits per heavy atom. The van der Waals surface area contributed by atoms with Crippen molar-refractivity contribution in [3.05, 3.63) is 35.2 Å². The molecule has 6 heteroatoms. The Morgan fingerprint density at radius 2 is 2.08 bits per heavy atom. The lowest BCUT2D eigenvalue weighted by atomic mass is 9.97. The Balaban J connectivity index is 1.59. The molecule has 0 unspecified atom stereocenters. The first kappa shape index (κ1) is 18.9. The molecule has 2 aromatic rings. The molecule has 1 aromatic carbocycles. The number of unbranched alkanes of at least 4 members (excludes halogenated alkanes) is 3. The molecule has 1 aromatic heterocycles. The summed E-state index contributed by atoms with van der Waals surface area (Å²) in [4.78, 5) is 19.0. The third-order valence-corrected chi connectivity index (χ3v) is 5.16. The van der Waals surface area contributed by atoms with E-state index in [1.165, 1.54) is 12.8 Å². The molecule has 2 heterocycles. The van der Waals surface area contributed by atoms with E-state index in [-0.39, 0.29) is 11.8 Å². The molecule has 0 saturated carbocycles. The molecule has 1 amide bonds. The van der Waals surface area contributed by atoms with Crippen LogP contribution in [0.1, 0.15) is 63.7 Å². The minimum absolute atomic E-state index is 0.122. The van der Waals surface area contributed by atoms with E-state index in [0.29, 0.717) is 29.7 Å². The zero-order chi connectivity index (χ0) is 18.4. The fourth-order valence-corrected chi connectivity index (χ4v) is 3.51. The van der Waals surface area contributed by atoms with Crippen LogP contribution in [-0.2, 0) is 4.79 Å². The van der Waals surface area contributed by atoms with Gasteiger partial charge in [-0.05, 0) is 43.5 Å². The van der Waals surface area contributed by atoms with E-state index in [9.17, 15) is 4.79 Å². The highest BCUT2D eigenvalue weighted by Gasteiger charge is 2.28. The van der Waals surface area contributed by atoms with Crippen LogP contribution in [0.2, 0.25) is 5.02 Å². The van der Waals surface area contributed by atoms with Crippen LogP contribution in [0, 0.1) is 0 Å². The van der Waals surface area contributed by atoms with E-state index in [1.807, 2.05) is 29.2 Å². The summed E-state index contributed by atoms with van der Waals surface area (Å²) in [6.45, 7) is 3.69. The van der Waals surface area contributed by atoms with Crippen LogP contribution in [0.15, 0.2) is 28.8 Å². The number of hydrogen-bond donors (Lipinski definition) is 0. The van der Waals surface area contributed by atoms with Crippen LogP contribution in [0.4, 0.5) is 0 Å². The second kappa shape index (κ2) is 9.17. The van der Waals surface area contributed by atoms with Gasteiger partial charge in [-0.2, -0.15) is 4.98 Å². The predicted octanol–water partition coefficient (Wildman–Crippen LogP) is 5.07. The summed E-state index contributed by atoms with van der Waals surface area (Å²) in [5.74, 6) is 1.57. The van der Waals surface area contributed by atoms with Crippen molar-refractivity contribution >= 4 is 17.5 Å². The maximum atomic E-state index is 12.4. The van der Waals surface area contributed by atoms with Crippen molar-refractivity contribution in [1.29, 1.82) is 0 Å². The Labute approximate surface area is 159 Å². The second-order valence-electron chi connectivity index (χ2n) is 6.95. The summed E-state index contributed by atoms with van der Waals surface area (Å²) in [5, 5.41) is 4.78. The van der Waals surface area contributed by atoms with Crippen molar-refractivity contribution in [1.82, 2.24) is 15.0 Å². The first-order valence-corrected chi connectivity index (χ1v) is 9.92. The fourth-order valence-electron chi connectivity index (χ4n) is 3.38. The highest BCUT2D eigenvalue weighted by Crippen LogP contribution is 2.28. The fraction of sp³-hybridized carbons (Fsp3) is 0.550. The molecule has 1 fully saturated rings. The number of amides is 1. The second-order valence-corrected chi connectivity index (χ2v) is 7.39. The van der Waals surface area contributed by atoms with Crippen LogP contribution in [0.3, 0.4) is 0 Å². The Hall–Kier alpha value is -1.88. The summed E-state index contributed by atoms with van der Waals surface area (Å²) in [6, 6.07) is 7.38. The van der Waals surface area contributed by atoms with Gasteiger partial charge in [0.1, 0.15) is 0 Å². The lowest BCUT2D eigenvalue weighted by Crippen LogP contribution is -2.39. The molecule has 1 atom stereocenters. The van der Waals surface area contributed by atoms with E-state index in [0.717, 1.165) is 37.8 Å². The minimum Gasteiger partial charge on any atom is -0.342 e. The number of rotatable bonds is 7. The molecule has 1 saturated heterocycles. The van der Waals surface area contributed by atoms with Crippen molar-refractivity contribution in [3.63, 3.8) is 0 Å². The van der Waals surface area contributed by atoms with E-state index < -0.39 is 0 Å². The summed E-state index contributed by atoms with van der Waals surface area (Å²) >= 11 is 5.92. The molecule has 1 aliphatic rings. The van der Waals surface area contributed by atoms with Gasteiger partial charge in [0, 0.05) is 30.1 Å². The van der Waals surface area contributed by atoms with Gasteiger partial charge in [-0.3, -0.25) is 4.79 Å². The zero-order valence-electron chi connectivity index (χ0n) is 15.3. The summed E-state index contributed by atoms with van der Waals surface area (Å²) in [5.41, 5.74) is 0.879. The molecule has 1 aliphatic heterocycles. The molecule has 0 bridgehead atoms. The van der Waals surface area contributed by atoms with Gasteiger partial charge in [0.2, 0.25) is 17.6 Å². The third-order valence-electron chi connectivity index (χ3n) is 4.91.